The van der Waals surface area contributed by atoms with Crippen LogP contribution in [0.5, 0.6) is 11.5 Å². The van der Waals surface area contributed by atoms with Gasteiger partial charge in [-0.1, -0.05) is 23.4 Å². The van der Waals surface area contributed by atoms with Crippen LogP contribution in [0.4, 0.5) is 0 Å². The first-order valence-electron chi connectivity index (χ1n) is 6.48. The number of aryl methyl sites for hydroxylation is 1. The zero-order chi connectivity index (χ0) is 15.2. The molecule has 21 heavy (non-hydrogen) atoms. The summed E-state index contributed by atoms with van der Waals surface area (Å²) in [5.41, 5.74) is 8.23. The highest BCUT2D eigenvalue weighted by molar-refractivity contribution is 5.99. The number of nitrogens with zero attached hydrogens (tertiary/aromatic N) is 1. The van der Waals surface area contributed by atoms with E-state index in [9.17, 15) is 0 Å². The number of methoxy groups -OCH3 is 1. The maximum absolute atomic E-state index is 8.83. The molecule has 3 N–H and O–H groups in total. The predicted octanol–water partition coefficient (Wildman–Crippen LogP) is 2.68. The lowest BCUT2D eigenvalue weighted by Crippen LogP contribution is -2.15. The molecule has 2 aromatic carbocycles. The van der Waals surface area contributed by atoms with Gasteiger partial charge in [0, 0.05) is 0 Å². The first-order valence-corrected chi connectivity index (χ1v) is 6.48. The van der Waals surface area contributed by atoms with Crippen LogP contribution < -0.4 is 15.2 Å². The van der Waals surface area contributed by atoms with E-state index in [2.05, 4.69) is 5.16 Å². The van der Waals surface area contributed by atoms with Gasteiger partial charge in [-0.3, -0.25) is 0 Å². The SMILES string of the molecule is COc1cccc(COc2cc(C)ccc2C(N)=NO)c1. The Hall–Kier alpha value is -2.69. The second-order valence-corrected chi connectivity index (χ2v) is 4.63. The maximum atomic E-state index is 8.83. The van der Waals surface area contributed by atoms with E-state index in [0.29, 0.717) is 17.9 Å². The van der Waals surface area contributed by atoms with Gasteiger partial charge in [-0.25, -0.2) is 0 Å². The highest BCUT2D eigenvalue weighted by Gasteiger charge is 2.09. The third-order valence-electron chi connectivity index (χ3n) is 3.05. The standard InChI is InChI=1S/C16H18N2O3/c1-11-6-7-14(16(17)18-19)15(8-11)21-10-12-4-3-5-13(9-12)20-2/h3-9,19H,10H2,1-2H3,(H2,17,18). The van der Waals surface area contributed by atoms with E-state index in [-0.39, 0.29) is 5.84 Å². The predicted molar refractivity (Wildman–Crippen MR) is 81.0 cm³/mol. The van der Waals surface area contributed by atoms with Gasteiger partial charge in [0.15, 0.2) is 5.84 Å². The molecule has 5 heteroatoms. The van der Waals surface area contributed by atoms with Crippen LogP contribution in [0.25, 0.3) is 0 Å². The van der Waals surface area contributed by atoms with Crippen LogP contribution in [0.3, 0.4) is 0 Å². The van der Waals surface area contributed by atoms with E-state index in [1.807, 2.05) is 43.3 Å². The van der Waals surface area contributed by atoms with Gasteiger partial charge in [0.05, 0.1) is 12.7 Å². The Kier molecular flexibility index (Phi) is 4.66. The Labute approximate surface area is 123 Å². The molecule has 5 nitrogen and oxygen atoms in total. The lowest BCUT2D eigenvalue weighted by Gasteiger charge is -2.12. The van der Waals surface area contributed by atoms with Crippen LogP contribution in [0.1, 0.15) is 16.7 Å². The van der Waals surface area contributed by atoms with Crippen molar-refractivity contribution < 1.29 is 14.7 Å². The summed E-state index contributed by atoms with van der Waals surface area (Å²) in [6.07, 6.45) is 0. The molecule has 0 atom stereocenters. The van der Waals surface area contributed by atoms with Gasteiger partial charge < -0.3 is 20.4 Å². The van der Waals surface area contributed by atoms with Crippen LogP contribution >= 0.6 is 0 Å². The molecule has 0 aliphatic heterocycles. The fourth-order valence-corrected chi connectivity index (χ4v) is 1.94. The smallest absolute Gasteiger partial charge is 0.173 e. The molecule has 2 rings (SSSR count). The minimum absolute atomic E-state index is 0.0237. The second kappa shape index (κ2) is 6.65. The van der Waals surface area contributed by atoms with Crippen molar-refractivity contribution in [3.05, 3.63) is 59.2 Å². The number of hydrogen-bond acceptors (Lipinski definition) is 4. The van der Waals surface area contributed by atoms with Crippen molar-refractivity contribution in [1.29, 1.82) is 0 Å². The summed E-state index contributed by atoms with van der Waals surface area (Å²) >= 11 is 0. The van der Waals surface area contributed by atoms with Gasteiger partial charge in [0.1, 0.15) is 18.1 Å². The zero-order valence-electron chi connectivity index (χ0n) is 12.0. The van der Waals surface area contributed by atoms with Crippen LogP contribution in [0, 0.1) is 6.92 Å². The zero-order valence-corrected chi connectivity index (χ0v) is 12.0. The molecule has 0 aliphatic carbocycles. The van der Waals surface area contributed by atoms with Crippen molar-refractivity contribution in [3.8, 4) is 11.5 Å². The monoisotopic (exact) mass is 286 g/mol. The topological polar surface area (TPSA) is 77.1 Å². The highest BCUT2D eigenvalue weighted by atomic mass is 16.5. The molecule has 0 aliphatic rings. The van der Waals surface area contributed by atoms with E-state index < -0.39 is 0 Å². The summed E-state index contributed by atoms with van der Waals surface area (Å²) in [6.45, 7) is 2.32. The Bertz CT molecular complexity index is 654. The molecule has 0 saturated heterocycles. The van der Waals surface area contributed by atoms with Crippen molar-refractivity contribution in [2.75, 3.05) is 7.11 Å². The fourth-order valence-electron chi connectivity index (χ4n) is 1.94. The number of rotatable bonds is 5. The number of ether oxygens (including phenoxy) is 2. The van der Waals surface area contributed by atoms with Gasteiger partial charge in [-0.2, -0.15) is 0 Å². The number of amidine groups is 1. The minimum atomic E-state index is 0.0237. The number of benzene rings is 2. The highest BCUT2D eigenvalue weighted by Crippen LogP contribution is 2.22. The molecule has 110 valence electrons. The Morgan fingerprint density at radius 1 is 1.24 bits per heavy atom. The second-order valence-electron chi connectivity index (χ2n) is 4.63. The van der Waals surface area contributed by atoms with Gasteiger partial charge in [0.25, 0.3) is 0 Å². The summed E-state index contributed by atoms with van der Waals surface area (Å²) in [7, 11) is 1.62. The van der Waals surface area contributed by atoms with E-state index in [1.165, 1.54) is 0 Å². The summed E-state index contributed by atoms with van der Waals surface area (Å²) in [6, 6.07) is 13.1. The van der Waals surface area contributed by atoms with Crippen LogP contribution in [0.15, 0.2) is 47.6 Å². The van der Waals surface area contributed by atoms with Gasteiger partial charge in [0.2, 0.25) is 0 Å². The third kappa shape index (κ3) is 3.66. The van der Waals surface area contributed by atoms with Crippen molar-refractivity contribution in [2.24, 2.45) is 10.9 Å². The Morgan fingerprint density at radius 2 is 2.05 bits per heavy atom. The average Bonchev–Trinajstić information content (AvgIpc) is 2.52. The van der Waals surface area contributed by atoms with E-state index in [4.69, 9.17) is 20.4 Å². The average molecular weight is 286 g/mol. The number of nitrogens with two attached hydrogens (primary N) is 1. The van der Waals surface area contributed by atoms with Crippen molar-refractivity contribution >= 4 is 5.84 Å². The molecule has 2 aromatic rings. The molecule has 0 bridgehead atoms. The minimum Gasteiger partial charge on any atom is -0.497 e. The molecule has 0 spiro atoms. The van der Waals surface area contributed by atoms with Crippen molar-refractivity contribution in [3.63, 3.8) is 0 Å². The van der Waals surface area contributed by atoms with Crippen molar-refractivity contribution in [1.82, 2.24) is 0 Å². The largest absolute Gasteiger partial charge is 0.497 e. The first-order chi connectivity index (χ1) is 10.1. The lowest BCUT2D eigenvalue weighted by atomic mass is 10.1. The summed E-state index contributed by atoms with van der Waals surface area (Å²) in [5.74, 6) is 1.38. The summed E-state index contributed by atoms with van der Waals surface area (Å²) in [4.78, 5) is 0. The maximum Gasteiger partial charge on any atom is 0.173 e. The molecular weight excluding hydrogens is 268 g/mol. The van der Waals surface area contributed by atoms with E-state index >= 15 is 0 Å². The molecule has 0 aromatic heterocycles. The van der Waals surface area contributed by atoms with E-state index in [0.717, 1.165) is 16.9 Å². The first kappa shape index (κ1) is 14.7. The molecule has 0 unspecified atom stereocenters. The van der Waals surface area contributed by atoms with Gasteiger partial charge in [-0.05, 0) is 42.3 Å². The Morgan fingerprint density at radius 3 is 2.76 bits per heavy atom. The molecule has 0 amide bonds. The summed E-state index contributed by atoms with van der Waals surface area (Å²) < 4.78 is 11.0. The Balaban J connectivity index is 2.20. The van der Waals surface area contributed by atoms with Crippen LogP contribution in [-0.2, 0) is 6.61 Å². The summed E-state index contributed by atoms with van der Waals surface area (Å²) in [5, 5.41) is 11.9. The third-order valence-corrected chi connectivity index (χ3v) is 3.05. The van der Waals surface area contributed by atoms with Crippen molar-refractivity contribution in [2.45, 2.75) is 13.5 Å². The molecule has 0 saturated carbocycles. The lowest BCUT2D eigenvalue weighted by molar-refractivity contribution is 0.302. The van der Waals surface area contributed by atoms with Crippen LogP contribution in [-0.4, -0.2) is 18.2 Å². The molecule has 0 fully saturated rings. The fraction of sp³-hybridized carbons (Fsp3) is 0.188. The quantitative estimate of drug-likeness (QED) is 0.383. The van der Waals surface area contributed by atoms with Crippen LogP contribution in [0.2, 0.25) is 0 Å². The van der Waals surface area contributed by atoms with Gasteiger partial charge >= 0.3 is 0 Å². The van der Waals surface area contributed by atoms with Gasteiger partial charge in [-0.15, -0.1) is 0 Å². The molecule has 0 heterocycles. The molecule has 0 radical (unpaired) electrons. The number of hydrogen-bond donors (Lipinski definition) is 2. The molecular formula is C16H18N2O3. The number of oxime groups is 1. The normalized spacial score (nSPS) is 11.2. The van der Waals surface area contributed by atoms with E-state index in [1.54, 1.807) is 13.2 Å².